The van der Waals surface area contributed by atoms with Crippen LogP contribution in [0.3, 0.4) is 0 Å². The lowest BCUT2D eigenvalue weighted by atomic mass is 10.0. The van der Waals surface area contributed by atoms with E-state index in [2.05, 4.69) is 22.1 Å². The normalized spacial score (nSPS) is 17.3. The summed E-state index contributed by atoms with van der Waals surface area (Å²) in [4.78, 5) is 17.6. The SMILES string of the molecule is CCCN1CCC(Nc2cnccc2C(=O)O)CC1. The number of aromatic carboxylic acids is 1. The van der Waals surface area contributed by atoms with E-state index in [0.717, 1.165) is 32.5 Å². The summed E-state index contributed by atoms with van der Waals surface area (Å²) in [6.07, 6.45) is 6.39. The van der Waals surface area contributed by atoms with Crippen LogP contribution in [-0.4, -0.2) is 46.6 Å². The van der Waals surface area contributed by atoms with Gasteiger partial charge in [0.25, 0.3) is 0 Å². The van der Waals surface area contributed by atoms with Gasteiger partial charge in [-0.25, -0.2) is 4.79 Å². The highest BCUT2D eigenvalue weighted by atomic mass is 16.4. The second-order valence-electron chi connectivity index (χ2n) is 4.99. The fraction of sp³-hybridized carbons (Fsp3) is 0.571. The zero-order valence-corrected chi connectivity index (χ0v) is 11.3. The van der Waals surface area contributed by atoms with E-state index in [1.165, 1.54) is 18.7 Å². The third-order valence-electron chi connectivity index (χ3n) is 3.54. The highest BCUT2D eigenvalue weighted by molar-refractivity contribution is 5.93. The number of anilines is 1. The number of hydrogen-bond acceptors (Lipinski definition) is 4. The van der Waals surface area contributed by atoms with Crippen molar-refractivity contribution in [2.24, 2.45) is 0 Å². The highest BCUT2D eigenvalue weighted by Gasteiger charge is 2.20. The predicted octanol–water partition coefficient (Wildman–Crippen LogP) is 2.07. The van der Waals surface area contributed by atoms with Gasteiger partial charge in [-0.2, -0.15) is 0 Å². The molecule has 0 amide bonds. The Hall–Kier alpha value is -1.62. The summed E-state index contributed by atoms with van der Waals surface area (Å²) in [5, 5.41) is 12.5. The Morgan fingerprint density at radius 1 is 1.53 bits per heavy atom. The van der Waals surface area contributed by atoms with Gasteiger partial charge in [-0.3, -0.25) is 4.98 Å². The predicted molar refractivity (Wildman–Crippen MR) is 74.6 cm³/mol. The summed E-state index contributed by atoms with van der Waals surface area (Å²) in [6, 6.07) is 1.88. The van der Waals surface area contributed by atoms with Crippen molar-refractivity contribution in [1.82, 2.24) is 9.88 Å². The molecule has 0 spiro atoms. The van der Waals surface area contributed by atoms with E-state index in [-0.39, 0.29) is 0 Å². The lowest BCUT2D eigenvalue weighted by Gasteiger charge is -2.32. The molecule has 1 aromatic rings. The van der Waals surface area contributed by atoms with E-state index >= 15 is 0 Å². The van der Waals surface area contributed by atoms with Crippen LogP contribution in [0, 0.1) is 0 Å². The van der Waals surface area contributed by atoms with E-state index in [1.807, 2.05) is 0 Å². The van der Waals surface area contributed by atoms with Crippen molar-refractivity contribution >= 4 is 11.7 Å². The molecule has 0 aromatic carbocycles. The lowest BCUT2D eigenvalue weighted by Crippen LogP contribution is -2.39. The van der Waals surface area contributed by atoms with Gasteiger partial charge < -0.3 is 15.3 Å². The average Bonchev–Trinajstić information content (AvgIpc) is 2.42. The van der Waals surface area contributed by atoms with Crippen LogP contribution in [0.1, 0.15) is 36.5 Å². The lowest BCUT2D eigenvalue weighted by molar-refractivity contribution is 0.0697. The molecule has 1 aromatic heterocycles. The Balaban J connectivity index is 1.94. The molecule has 1 aliphatic heterocycles. The highest BCUT2D eigenvalue weighted by Crippen LogP contribution is 2.19. The molecule has 2 rings (SSSR count). The molecule has 104 valence electrons. The van der Waals surface area contributed by atoms with Crippen molar-refractivity contribution in [2.75, 3.05) is 25.0 Å². The Morgan fingerprint density at radius 3 is 2.89 bits per heavy atom. The number of carboxylic acid groups (broad SMARTS) is 1. The molecular formula is C14H21N3O2. The number of rotatable bonds is 5. The van der Waals surface area contributed by atoms with Crippen molar-refractivity contribution in [3.8, 4) is 0 Å². The summed E-state index contributed by atoms with van der Waals surface area (Å²) < 4.78 is 0. The molecule has 0 bridgehead atoms. The molecule has 0 saturated carbocycles. The third kappa shape index (κ3) is 3.67. The Labute approximate surface area is 113 Å². The summed E-state index contributed by atoms with van der Waals surface area (Å²) in [7, 11) is 0. The van der Waals surface area contributed by atoms with Crippen LogP contribution in [0.5, 0.6) is 0 Å². The molecule has 0 radical (unpaired) electrons. The number of nitrogens with one attached hydrogen (secondary N) is 1. The van der Waals surface area contributed by atoms with Crippen LogP contribution in [0.4, 0.5) is 5.69 Å². The number of nitrogens with zero attached hydrogens (tertiary/aromatic N) is 2. The second kappa shape index (κ2) is 6.52. The van der Waals surface area contributed by atoms with Gasteiger partial charge in [-0.05, 0) is 31.9 Å². The summed E-state index contributed by atoms with van der Waals surface area (Å²) in [5.74, 6) is -0.909. The average molecular weight is 263 g/mol. The van der Waals surface area contributed by atoms with E-state index in [0.29, 0.717) is 17.3 Å². The molecule has 19 heavy (non-hydrogen) atoms. The molecule has 0 aliphatic carbocycles. The molecule has 5 nitrogen and oxygen atoms in total. The first kappa shape index (κ1) is 13.8. The quantitative estimate of drug-likeness (QED) is 0.851. The Morgan fingerprint density at radius 2 is 2.26 bits per heavy atom. The van der Waals surface area contributed by atoms with Gasteiger partial charge in [0.2, 0.25) is 0 Å². The minimum absolute atomic E-state index is 0.297. The minimum atomic E-state index is -0.909. The first-order valence-electron chi connectivity index (χ1n) is 6.87. The maximum Gasteiger partial charge on any atom is 0.337 e. The smallest absolute Gasteiger partial charge is 0.337 e. The fourth-order valence-corrected chi connectivity index (χ4v) is 2.53. The zero-order chi connectivity index (χ0) is 13.7. The molecular weight excluding hydrogens is 242 g/mol. The maximum atomic E-state index is 11.1. The standard InChI is InChI=1S/C14H21N3O2/c1-2-7-17-8-4-11(5-9-17)16-13-10-15-6-3-12(13)14(18)19/h3,6,10-11,16H,2,4-5,7-9H2,1H3,(H,18,19). The van der Waals surface area contributed by atoms with Crippen LogP contribution in [-0.2, 0) is 0 Å². The summed E-state index contributed by atoms with van der Waals surface area (Å²) in [6.45, 7) is 5.50. The molecule has 2 heterocycles. The monoisotopic (exact) mass is 263 g/mol. The van der Waals surface area contributed by atoms with Gasteiger partial charge in [0.05, 0.1) is 17.4 Å². The Bertz CT molecular complexity index is 428. The molecule has 0 atom stereocenters. The van der Waals surface area contributed by atoms with Gasteiger partial charge >= 0.3 is 5.97 Å². The van der Waals surface area contributed by atoms with E-state index in [1.54, 1.807) is 6.20 Å². The van der Waals surface area contributed by atoms with Gasteiger partial charge in [0.1, 0.15) is 0 Å². The van der Waals surface area contributed by atoms with Gasteiger partial charge in [-0.15, -0.1) is 0 Å². The van der Waals surface area contributed by atoms with Gasteiger partial charge in [0, 0.05) is 25.3 Å². The van der Waals surface area contributed by atoms with Gasteiger partial charge in [0.15, 0.2) is 0 Å². The fourth-order valence-electron chi connectivity index (χ4n) is 2.53. The molecule has 1 saturated heterocycles. The molecule has 1 fully saturated rings. The van der Waals surface area contributed by atoms with Crippen molar-refractivity contribution in [3.05, 3.63) is 24.0 Å². The second-order valence-corrected chi connectivity index (χ2v) is 4.99. The van der Waals surface area contributed by atoms with Crippen LogP contribution >= 0.6 is 0 Å². The zero-order valence-electron chi connectivity index (χ0n) is 11.3. The van der Waals surface area contributed by atoms with Crippen LogP contribution in [0.2, 0.25) is 0 Å². The van der Waals surface area contributed by atoms with Crippen molar-refractivity contribution in [1.29, 1.82) is 0 Å². The van der Waals surface area contributed by atoms with E-state index in [9.17, 15) is 4.79 Å². The van der Waals surface area contributed by atoms with Crippen LogP contribution < -0.4 is 5.32 Å². The first-order chi connectivity index (χ1) is 9.20. The summed E-state index contributed by atoms with van der Waals surface area (Å²) in [5.41, 5.74) is 0.926. The largest absolute Gasteiger partial charge is 0.478 e. The summed E-state index contributed by atoms with van der Waals surface area (Å²) >= 11 is 0. The van der Waals surface area contributed by atoms with Gasteiger partial charge in [-0.1, -0.05) is 6.92 Å². The van der Waals surface area contributed by atoms with Crippen molar-refractivity contribution < 1.29 is 9.90 Å². The van der Waals surface area contributed by atoms with Crippen LogP contribution in [0.25, 0.3) is 0 Å². The molecule has 1 aliphatic rings. The van der Waals surface area contributed by atoms with Crippen molar-refractivity contribution in [2.45, 2.75) is 32.2 Å². The molecule has 5 heteroatoms. The third-order valence-corrected chi connectivity index (χ3v) is 3.54. The molecule has 2 N–H and O–H groups in total. The topological polar surface area (TPSA) is 65.5 Å². The van der Waals surface area contributed by atoms with E-state index < -0.39 is 5.97 Å². The number of piperidine rings is 1. The maximum absolute atomic E-state index is 11.1. The number of carbonyl (C=O) groups is 1. The number of hydrogen-bond donors (Lipinski definition) is 2. The first-order valence-corrected chi connectivity index (χ1v) is 6.87. The minimum Gasteiger partial charge on any atom is -0.478 e. The van der Waals surface area contributed by atoms with Crippen LogP contribution in [0.15, 0.2) is 18.5 Å². The number of aromatic nitrogens is 1. The van der Waals surface area contributed by atoms with E-state index in [4.69, 9.17) is 5.11 Å². The Kier molecular flexibility index (Phi) is 4.74. The number of carboxylic acids is 1. The number of likely N-dealkylation sites (tertiary alicyclic amines) is 1. The van der Waals surface area contributed by atoms with Crippen molar-refractivity contribution in [3.63, 3.8) is 0 Å². The molecule has 0 unspecified atom stereocenters. The number of pyridine rings is 1.